The van der Waals surface area contributed by atoms with Gasteiger partial charge in [-0.1, -0.05) is 60.4 Å². The summed E-state index contributed by atoms with van der Waals surface area (Å²) in [5, 5.41) is 11.0. The van der Waals surface area contributed by atoms with E-state index in [-0.39, 0.29) is 17.2 Å². The van der Waals surface area contributed by atoms with Gasteiger partial charge in [0.2, 0.25) is 21.1 Å². The van der Waals surface area contributed by atoms with Crippen molar-refractivity contribution < 1.29 is 17.6 Å². The highest BCUT2D eigenvalue weighted by Gasteiger charge is 2.32. The van der Waals surface area contributed by atoms with Crippen molar-refractivity contribution in [1.29, 1.82) is 0 Å². The Morgan fingerprint density at radius 1 is 1.16 bits per heavy atom. The SMILES string of the molecule is CCC(C(=O)Nc1nnc(SCc2ccccc2)s1)N(c1ccc(F)cc1)S(C)(=O)=O. The zero-order chi connectivity index (χ0) is 22.4. The molecule has 0 spiro atoms. The van der Waals surface area contributed by atoms with Gasteiger partial charge in [-0.25, -0.2) is 12.8 Å². The molecular weight excluding hydrogens is 459 g/mol. The number of benzene rings is 2. The van der Waals surface area contributed by atoms with Gasteiger partial charge in [-0.2, -0.15) is 0 Å². The predicted octanol–water partition coefficient (Wildman–Crippen LogP) is 4.15. The molecule has 2 aromatic carbocycles. The first-order valence-electron chi connectivity index (χ1n) is 9.34. The summed E-state index contributed by atoms with van der Waals surface area (Å²) in [6.45, 7) is 1.70. The fraction of sp³-hybridized carbons (Fsp3) is 0.250. The van der Waals surface area contributed by atoms with Gasteiger partial charge in [0.25, 0.3) is 0 Å². The molecule has 164 valence electrons. The lowest BCUT2D eigenvalue weighted by Gasteiger charge is -2.29. The summed E-state index contributed by atoms with van der Waals surface area (Å²) >= 11 is 2.71. The Bertz CT molecular complexity index is 1120. The molecule has 7 nitrogen and oxygen atoms in total. The number of nitrogens with zero attached hydrogens (tertiary/aromatic N) is 3. The van der Waals surface area contributed by atoms with Gasteiger partial charge < -0.3 is 0 Å². The molecule has 0 saturated heterocycles. The number of thioether (sulfide) groups is 1. The second kappa shape index (κ2) is 10.2. The second-order valence-electron chi connectivity index (χ2n) is 6.60. The van der Waals surface area contributed by atoms with Crippen LogP contribution in [0, 0.1) is 5.82 Å². The molecule has 1 heterocycles. The molecule has 0 aliphatic rings. The number of nitrogens with one attached hydrogen (secondary N) is 1. The monoisotopic (exact) mass is 480 g/mol. The fourth-order valence-electron chi connectivity index (χ4n) is 2.87. The highest BCUT2D eigenvalue weighted by Crippen LogP contribution is 2.29. The number of carbonyl (C=O) groups excluding carboxylic acids is 1. The molecule has 3 aromatic rings. The standard InChI is InChI=1S/C20H21FN4O3S3/c1-3-17(25(31(2,27)28)16-11-9-15(21)10-12-16)18(26)22-19-23-24-20(30-19)29-13-14-7-5-4-6-8-14/h4-12,17H,3,13H2,1-2H3,(H,22,23,26). The smallest absolute Gasteiger partial charge is 0.250 e. The fourth-order valence-corrected chi connectivity index (χ4v) is 5.80. The van der Waals surface area contributed by atoms with Crippen molar-refractivity contribution in [3.63, 3.8) is 0 Å². The van der Waals surface area contributed by atoms with Crippen LogP contribution in [0.4, 0.5) is 15.2 Å². The van der Waals surface area contributed by atoms with Crippen LogP contribution in [0.15, 0.2) is 58.9 Å². The number of carbonyl (C=O) groups is 1. The van der Waals surface area contributed by atoms with Crippen LogP contribution < -0.4 is 9.62 Å². The maximum Gasteiger partial charge on any atom is 0.250 e. The van der Waals surface area contributed by atoms with Gasteiger partial charge >= 0.3 is 0 Å². The number of amides is 1. The molecule has 31 heavy (non-hydrogen) atoms. The Morgan fingerprint density at radius 3 is 2.45 bits per heavy atom. The summed E-state index contributed by atoms with van der Waals surface area (Å²) in [4.78, 5) is 12.9. The van der Waals surface area contributed by atoms with E-state index >= 15 is 0 Å². The molecule has 0 fully saturated rings. The van der Waals surface area contributed by atoms with Crippen LogP contribution in [0.25, 0.3) is 0 Å². The summed E-state index contributed by atoms with van der Waals surface area (Å²) in [7, 11) is -3.80. The first-order valence-corrected chi connectivity index (χ1v) is 13.0. The van der Waals surface area contributed by atoms with Crippen LogP contribution in [-0.2, 0) is 20.6 Å². The first-order chi connectivity index (χ1) is 14.8. The Balaban J connectivity index is 1.72. The van der Waals surface area contributed by atoms with Gasteiger partial charge in [-0.05, 0) is 36.2 Å². The van der Waals surface area contributed by atoms with E-state index < -0.39 is 27.8 Å². The van der Waals surface area contributed by atoms with E-state index in [1.807, 2.05) is 30.3 Å². The highest BCUT2D eigenvalue weighted by molar-refractivity contribution is 8.00. The summed E-state index contributed by atoms with van der Waals surface area (Å²) in [6, 6.07) is 13.8. The lowest BCUT2D eigenvalue weighted by Crippen LogP contribution is -2.47. The zero-order valence-electron chi connectivity index (χ0n) is 16.9. The minimum Gasteiger partial charge on any atom is -0.299 e. The molecular formula is C20H21FN4O3S3. The molecule has 1 unspecified atom stereocenters. The van der Waals surface area contributed by atoms with Crippen molar-refractivity contribution >= 4 is 49.8 Å². The maximum atomic E-state index is 13.3. The van der Waals surface area contributed by atoms with Crippen LogP contribution in [0.3, 0.4) is 0 Å². The Hall–Kier alpha value is -2.50. The number of hydrogen-bond donors (Lipinski definition) is 1. The first kappa shape index (κ1) is 23.2. The van der Waals surface area contributed by atoms with Crippen LogP contribution >= 0.6 is 23.1 Å². The molecule has 11 heteroatoms. The van der Waals surface area contributed by atoms with Gasteiger partial charge in [0.1, 0.15) is 11.9 Å². The summed E-state index contributed by atoms with van der Waals surface area (Å²) in [6.07, 6.45) is 1.22. The second-order valence-corrected chi connectivity index (χ2v) is 10.7. The van der Waals surface area contributed by atoms with Crippen LogP contribution in [-0.4, -0.2) is 36.8 Å². The quantitative estimate of drug-likeness (QED) is 0.365. The number of sulfonamides is 1. The van der Waals surface area contributed by atoms with Crippen LogP contribution in [0.1, 0.15) is 18.9 Å². The van der Waals surface area contributed by atoms with Gasteiger partial charge in [0.15, 0.2) is 4.34 Å². The number of halogens is 1. The van der Waals surface area contributed by atoms with E-state index in [1.54, 1.807) is 6.92 Å². The minimum atomic E-state index is -3.80. The normalized spacial score (nSPS) is 12.4. The molecule has 1 N–H and O–H groups in total. The average Bonchev–Trinajstić information content (AvgIpc) is 3.18. The van der Waals surface area contributed by atoms with E-state index in [4.69, 9.17) is 0 Å². The van der Waals surface area contributed by atoms with Crippen LogP contribution in [0.2, 0.25) is 0 Å². The van der Waals surface area contributed by atoms with E-state index in [0.717, 1.165) is 28.3 Å². The lowest BCUT2D eigenvalue weighted by molar-refractivity contribution is -0.117. The van der Waals surface area contributed by atoms with Gasteiger partial charge in [0, 0.05) is 5.75 Å². The van der Waals surface area contributed by atoms with Crippen molar-refractivity contribution in [3.8, 4) is 0 Å². The van der Waals surface area contributed by atoms with E-state index in [9.17, 15) is 17.6 Å². The maximum absolute atomic E-state index is 13.3. The Kier molecular flexibility index (Phi) is 7.63. The van der Waals surface area contributed by atoms with E-state index in [2.05, 4.69) is 15.5 Å². The largest absolute Gasteiger partial charge is 0.299 e. The van der Waals surface area contributed by atoms with E-state index in [1.165, 1.54) is 35.2 Å². The van der Waals surface area contributed by atoms with Crippen molar-refractivity contribution in [2.75, 3.05) is 15.9 Å². The molecule has 0 radical (unpaired) electrons. The van der Waals surface area contributed by atoms with Gasteiger partial charge in [-0.3, -0.25) is 14.4 Å². The Labute approximate surface area is 188 Å². The number of rotatable bonds is 9. The predicted molar refractivity (Wildman–Crippen MR) is 122 cm³/mol. The third kappa shape index (κ3) is 6.25. The molecule has 1 aromatic heterocycles. The average molecular weight is 481 g/mol. The van der Waals surface area contributed by atoms with E-state index in [0.29, 0.717) is 10.1 Å². The number of aromatic nitrogens is 2. The summed E-state index contributed by atoms with van der Waals surface area (Å²) in [5.74, 6) is -0.315. The number of anilines is 2. The Morgan fingerprint density at radius 2 is 1.84 bits per heavy atom. The summed E-state index contributed by atoms with van der Waals surface area (Å²) < 4.78 is 39.8. The number of hydrogen-bond acceptors (Lipinski definition) is 7. The minimum absolute atomic E-state index is 0.210. The van der Waals surface area contributed by atoms with Crippen molar-refractivity contribution in [2.45, 2.75) is 29.5 Å². The zero-order valence-corrected chi connectivity index (χ0v) is 19.3. The topological polar surface area (TPSA) is 92.3 Å². The molecule has 1 amide bonds. The summed E-state index contributed by atoms with van der Waals surface area (Å²) in [5.41, 5.74) is 1.35. The highest BCUT2D eigenvalue weighted by atomic mass is 32.2. The molecule has 0 aliphatic heterocycles. The molecule has 0 saturated carbocycles. The van der Waals surface area contributed by atoms with Crippen molar-refractivity contribution in [3.05, 3.63) is 66.0 Å². The van der Waals surface area contributed by atoms with Crippen molar-refractivity contribution in [1.82, 2.24) is 10.2 Å². The van der Waals surface area contributed by atoms with Crippen LogP contribution in [0.5, 0.6) is 0 Å². The third-order valence-corrected chi connectivity index (χ3v) is 7.48. The molecule has 0 aliphatic carbocycles. The van der Waals surface area contributed by atoms with Crippen molar-refractivity contribution in [2.24, 2.45) is 0 Å². The third-order valence-electron chi connectivity index (χ3n) is 4.25. The van der Waals surface area contributed by atoms with Gasteiger partial charge in [0.05, 0.1) is 11.9 Å². The molecule has 3 rings (SSSR count). The molecule has 1 atom stereocenters. The molecule has 0 bridgehead atoms. The van der Waals surface area contributed by atoms with Gasteiger partial charge in [-0.15, -0.1) is 10.2 Å². The lowest BCUT2D eigenvalue weighted by atomic mass is 10.2.